The van der Waals surface area contributed by atoms with Gasteiger partial charge in [0.15, 0.2) is 0 Å². The van der Waals surface area contributed by atoms with Crippen molar-refractivity contribution in [1.82, 2.24) is 5.32 Å². The summed E-state index contributed by atoms with van der Waals surface area (Å²) >= 11 is 3.43. The van der Waals surface area contributed by atoms with Crippen molar-refractivity contribution in [1.29, 1.82) is 0 Å². The van der Waals surface area contributed by atoms with Gasteiger partial charge < -0.3 is 14.8 Å². The van der Waals surface area contributed by atoms with Crippen molar-refractivity contribution >= 4 is 21.8 Å². The average molecular weight is 486 g/mol. The van der Waals surface area contributed by atoms with E-state index in [1.807, 2.05) is 24.3 Å². The van der Waals surface area contributed by atoms with Crippen LogP contribution in [-0.4, -0.2) is 31.9 Å². The third-order valence-corrected chi connectivity index (χ3v) is 5.72. The molecular weight excluding hydrogens is 463 g/mol. The first kappa shape index (κ1) is 22.8. The van der Waals surface area contributed by atoms with Gasteiger partial charge in [-0.05, 0) is 41.7 Å². The molecule has 30 heavy (non-hydrogen) atoms. The van der Waals surface area contributed by atoms with Crippen molar-refractivity contribution in [3.8, 4) is 0 Å². The van der Waals surface area contributed by atoms with E-state index in [1.54, 1.807) is 24.3 Å². The second-order valence-electron chi connectivity index (χ2n) is 7.31. The first-order valence-corrected chi connectivity index (χ1v) is 10.4. The second kappa shape index (κ2) is 9.94. The predicted molar refractivity (Wildman–Crippen MR) is 110 cm³/mol. The first-order valence-electron chi connectivity index (χ1n) is 9.63. The average Bonchev–Trinajstić information content (AvgIpc) is 2.73. The number of ether oxygens (including phenoxy) is 2. The van der Waals surface area contributed by atoms with E-state index in [0.29, 0.717) is 38.2 Å². The van der Waals surface area contributed by atoms with Gasteiger partial charge in [0.1, 0.15) is 6.61 Å². The van der Waals surface area contributed by atoms with Crippen LogP contribution in [0, 0.1) is 0 Å². The largest absolute Gasteiger partial charge is 0.411 e. The molecule has 0 aliphatic carbocycles. The number of benzene rings is 2. The van der Waals surface area contributed by atoms with Crippen LogP contribution >= 0.6 is 15.9 Å². The summed E-state index contributed by atoms with van der Waals surface area (Å²) < 4.78 is 47.5. The molecule has 8 heteroatoms. The number of halogens is 4. The molecule has 1 heterocycles. The predicted octanol–water partition coefficient (Wildman–Crippen LogP) is 4.89. The van der Waals surface area contributed by atoms with Crippen LogP contribution in [0.4, 0.5) is 13.2 Å². The van der Waals surface area contributed by atoms with E-state index in [0.717, 1.165) is 15.6 Å². The van der Waals surface area contributed by atoms with E-state index in [-0.39, 0.29) is 12.5 Å². The van der Waals surface area contributed by atoms with Crippen LogP contribution in [0.2, 0.25) is 0 Å². The molecule has 0 aromatic heterocycles. The van der Waals surface area contributed by atoms with Gasteiger partial charge >= 0.3 is 6.18 Å². The van der Waals surface area contributed by atoms with Gasteiger partial charge in [-0.15, -0.1) is 0 Å². The number of amides is 1. The molecule has 1 N–H and O–H groups in total. The van der Waals surface area contributed by atoms with Crippen LogP contribution in [0.25, 0.3) is 0 Å². The molecule has 4 nitrogen and oxygen atoms in total. The molecule has 1 saturated heterocycles. The fourth-order valence-corrected chi connectivity index (χ4v) is 3.79. The van der Waals surface area contributed by atoms with E-state index in [2.05, 4.69) is 26.0 Å². The number of hydrogen-bond acceptors (Lipinski definition) is 3. The van der Waals surface area contributed by atoms with Gasteiger partial charge in [0, 0.05) is 24.2 Å². The zero-order chi connectivity index (χ0) is 21.6. The first-order chi connectivity index (χ1) is 14.3. The number of hydrogen-bond donors (Lipinski definition) is 1. The highest BCUT2D eigenvalue weighted by Crippen LogP contribution is 2.36. The van der Waals surface area contributed by atoms with Crippen LogP contribution < -0.4 is 5.32 Å². The molecule has 3 rings (SSSR count). The number of carbonyl (C=O) groups excluding carboxylic acids is 1. The van der Waals surface area contributed by atoms with Crippen LogP contribution in [0.15, 0.2) is 53.0 Å². The molecule has 1 fully saturated rings. The van der Waals surface area contributed by atoms with Gasteiger partial charge in [-0.3, -0.25) is 4.79 Å². The van der Waals surface area contributed by atoms with Crippen LogP contribution in [-0.2, 0) is 32.8 Å². The number of alkyl halides is 3. The van der Waals surface area contributed by atoms with Gasteiger partial charge in [0.05, 0.1) is 12.0 Å². The molecule has 1 amide bonds. The standard InChI is InChI=1S/C22H23BrF3NO3/c23-19-7-5-18(6-8-19)21(9-11-29-12-10-21)20(28)27-13-16-1-3-17(4-2-16)14-30-15-22(24,25)26/h1-8H,9-15H2,(H,27,28). The maximum Gasteiger partial charge on any atom is 0.411 e. The molecule has 0 radical (unpaired) electrons. The highest BCUT2D eigenvalue weighted by atomic mass is 79.9. The summed E-state index contributed by atoms with van der Waals surface area (Å²) in [6.07, 6.45) is -3.12. The molecule has 0 bridgehead atoms. The summed E-state index contributed by atoms with van der Waals surface area (Å²) in [7, 11) is 0. The molecular formula is C22H23BrF3NO3. The van der Waals surface area contributed by atoms with Crippen molar-refractivity contribution in [3.05, 3.63) is 69.7 Å². The maximum atomic E-state index is 13.2. The molecule has 1 aliphatic heterocycles. The van der Waals surface area contributed by atoms with Crippen molar-refractivity contribution in [2.45, 2.75) is 37.6 Å². The molecule has 2 aromatic carbocycles. The third-order valence-electron chi connectivity index (χ3n) is 5.19. The summed E-state index contributed by atoms with van der Waals surface area (Å²) in [6, 6.07) is 14.8. The fraction of sp³-hybridized carbons (Fsp3) is 0.409. The summed E-state index contributed by atoms with van der Waals surface area (Å²) in [5.41, 5.74) is 1.83. The van der Waals surface area contributed by atoms with Gasteiger partial charge in [0.2, 0.25) is 5.91 Å². The highest BCUT2D eigenvalue weighted by molar-refractivity contribution is 9.10. The molecule has 0 spiro atoms. The van der Waals surface area contributed by atoms with E-state index in [1.165, 1.54) is 0 Å². The Morgan fingerprint density at radius 2 is 1.63 bits per heavy atom. The molecule has 162 valence electrons. The van der Waals surface area contributed by atoms with Crippen LogP contribution in [0.5, 0.6) is 0 Å². The smallest absolute Gasteiger partial charge is 0.381 e. The van der Waals surface area contributed by atoms with E-state index < -0.39 is 18.2 Å². The minimum Gasteiger partial charge on any atom is -0.381 e. The zero-order valence-electron chi connectivity index (χ0n) is 16.3. The molecule has 0 atom stereocenters. The zero-order valence-corrected chi connectivity index (χ0v) is 17.9. The Labute approximate surface area is 181 Å². The summed E-state index contributed by atoms with van der Waals surface area (Å²) in [5.74, 6) is -0.0503. The SMILES string of the molecule is O=C(NCc1ccc(COCC(F)(F)F)cc1)C1(c2ccc(Br)cc2)CCOCC1. The Hall–Kier alpha value is -1.90. The Morgan fingerprint density at radius 3 is 2.23 bits per heavy atom. The quantitative estimate of drug-likeness (QED) is 0.607. The van der Waals surface area contributed by atoms with Crippen LogP contribution in [0.3, 0.4) is 0 Å². The second-order valence-corrected chi connectivity index (χ2v) is 8.22. The summed E-state index contributed by atoms with van der Waals surface area (Å²) in [5, 5.41) is 3.02. The van der Waals surface area contributed by atoms with Crippen molar-refractivity contribution in [2.24, 2.45) is 0 Å². The van der Waals surface area contributed by atoms with E-state index in [9.17, 15) is 18.0 Å². The molecule has 2 aromatic rings. The highest BCUT2D eigenvalue weighted by Gasteiger charge is 2.41. The fourth-order valence-electron chi connectivity index (χ4n) is 3.53. The van der Waals surface area contributed by atoms with Gasteiger partial charge in [-0.2, -0.15) is 13.2 Å². The Bertz CT molecular complexity index is 832. The van der Waals surface area contributed by atoms with Crippen molar-refractivity contribution in [3.63, 3.8) is 0 Å². The van der Waals surface area contributed by atoms with Crippen LogP contribution in [0.1, 0.15) is 29.5 Å². The monoisotopic (exact) mass is 485 g/mol. The number of carbonyl (C=O) groups is 1. The number of nitrogens with one attached hydrogen (secondary N) is 1. The Morgan fingerprint density at radius 1 is 1.03 bits per heavy atom. The minimum absolute atomic E-state index is 0.0503. The topological polar surface area (TPSA) is 47.6 Å². The van der Waals surface area contributed by atoms with Gasteiger partial charge in [0.25, 0.3) is 0 Å². The molecule has 0 saturated carbocycles. The van der Waals surface area contributed by atoms with Gasteiger partial charge in [-0.1, -0.05) is 52.3 Å². The lowest BCUT2D eigenvalue weighted by molar-refractivity contribution is -0.176. The lowest BCUT2D eigenvalue weighted by Gasteiger charge is -2.36. The molecule has 1 aliphatic rings. The summed E-state index contributed by atoms with van der Waals surface area (Å²) in [4.78, 5) is 13.2. The third kappa shape index (κ3) is 6.06. The maximum absolute atomic E-state index is 13.2. The minimum atomic E-state index is -4.33. The van der Waals surface area contributed by atoms with Gasteiger partial charge in [-0.25, -0.2) is 0 Å². The lowest BCUT2D eigenvalue weighted by Crippen LogP contribution is -2.47. The lowest BCUT2D eigenvalue weighted by atomic mass is 9.73. The molecule has 0 unspecified atom stereocenters. The van der Waals surface area contributed by atoms with E-state index >= 15 is 0 Å². The van der Waals surface area contributed by atoms with E-state index in [4.69, 9.17) is 4.74 Å². The van der Waals surface area contributed by atoms with Crippen molar-refractivity contribution < 1.29 is 27.4 Å². The normalized spacial score (nSPS) is 16.3. The Balaban J connectivity index is 1.61. The van der Waals surface area contributed by atoms with Crippen molar-refractivity contribution in [2.75, 3.05) is 19.8 Å². The Kier molecular flexibility index (Phi) is 7.55. The number of rotatable bonds is 7. The summed E-state index contributed by atoms with van der Waals surface area (Å²) in [6.45, 7) is -0.000635.